The minimum absolute atomic E-state index is 0.126. The Morgan fingerprint density at radius 1 is 1.38 bits per heavy atom. The summed E-state index contributed by atoms with van der Waals surface area (Å²) in [6, 6.07) is 6.47. The second kappa shape index (κ2) is 5.48. The molecule has 0 aromatic heterocycles. The van der Waals surface area contributed by atoms with Crippen molar-refractivity contribution >= 4 is 11.9 Å². The third kappa shape index (κ3) is 2.53. The van der Waals surface area contributed by atoms with Gasteiger partial charge in [-0.25, -0.2) is 4.79 Å². The van der Waals surface area contributed by atoms with Gasteiger partial charge in [-0.15, -0.1) is 0 Å². The van der Waals surface area contributed by atoms with Gasteiger partial charge in [0.05, 0.1) is 6.54 Å². The van der Waals surface area contributed by atoms with Crippen molar-refractivity contribution in [3.05, 3.63) is 34.9 Å². The number of amides is 3. The van der Waals surface area contributed by atoms with Gasteiger partial charge in [-0.05, 0) is 36.0 Å². The van der Waals surface area contributed by atoms with E-state index in [1.165, 1.54) is 21.6 Å². The van der Waals surface area contributed by atoms with Gasteiger partial charge in [0.25, 0.3) is 0 Å². The topological polar surface area (TPSA) is 61.4 Å². The van der Waals surface area contributed by atoms with E-state index in [9.17, 15) is 9.59 Å². The lowest BCUT2D eigenvalue weighted by Gasteiger charge is -2.17. The van der Waals surface area contributed by atoms with Crippen molar-refractivity contribution in [3.63, 3.8) is 0 Å². The van der Waals surface area contributed by atoms with Gasteiger partial charge in [-0.1, -0.05) is 25.1 Å². The van der Waals surface area contributed by atoms with Gasteiger partial charge in [-0.3, -0.25) is 9.69 Å². The zero-order valence-corrected chi connectivity index (χ0v) is 12.5. The lowest BCUT2D eigenvalue weighted by atomic mass is 9.98. The third-order valence-corrected chi connectivity index (χ3v) is 4.48. The van der Waals surface area contributed by atoms with Gasteiger partial charge in [0.2, 0.25) is 5.91 Å². The molecule has 1 aromatic carbocycles. The van der Waals surface area contributed by atoms with Crippen molar-refractivity contribution in [1.82, 2.24) is 15.5 Å². The number of hydrogen-bond donors (Lipinski definition) is 2. The van der Waals surface area contributed by atoms with Crippen LogP contribution in [0.2, 0.25) is 0 Å². The molecule has 3 rings (SSSR count). The van der Waals surface area contributed by atoms with E-state index in [2.05, 4.69) is 42.7 Å². The maximum Gasteiger partial charge on any atom is 0.324 e. The second-order valence-corrected chi connectivity index (χ2v) is 5.93. The van der Waals surface area contributed by atoms with E-state index >= 15 is 0 Å². The number of nitrogens with one attached hydrogen (secondary N) is 2. The lowest BCUT2D eigenvalue weighted by Crippen LogP contribution is -2.37. The molecule has 21 heavy (non-hydrogen) atoms. The largest absolute Gasteiger partial charge is 0.329 e. The molecular weight excluding hydrogens is 266 g/mol. The molecule has 0 saturated carbocycles. The summed E-state index contributed by atoms with van der Waals surface area (Å²) in [5.41, 5.74) is 4.16. The Hall–Kier alpha value is -1.88. The molecule has 0 spiro atoms. The summed E-state index contributed by atoms with van der Waals surface area (Å²) in [6.07, 6.45) is 1.07. The lowest BCUT2D eigenvalue weighted by molar-refractivity contribution is -0.124. The number of hydrogen-bond acceptors (Lipinski definition) is 3. The molecule has 1 aliphatic heterocycles. The van der Waals surface area contributed by atoms with E-state index < -0.39 is 0 Å². The predicted octanol–water partition coefficient (Wildman–Crippen LogP) is 1.68. The van der Waals surface area contributed by atoms with Crippen LogP contribution in [0.1, 0.15) is 42.0 Å². The van der Waals surface area contributed by atoms with Crippen LogP contribution in [0.4, 0.5) is 4.79 Å². The van der Waals surface area contributed by atoms with E-state index in [0.717, 1.165) is 6.42 Å². The van der Waals surface area contributed by atoms with Crippen LogP contribution in [0, 0.1) is 6.92 Å². The summed E-state index contributed by atoms with van der Waals surface area (Å²) in [5.74, 6) is 0.410. The molecular formula is C16H21N3O2. The molecule has 1 saturated heterocycles. The summed E-state index contributed by atoms with van der Waals surface area (Å²) >= 11 is 0. The Morgan fingerprint density at radius 2 is 2.19 bits per heavy atom. The maximum absolute atomic E-state index is 11.5. The predicted molar refractivity (Wildman–Crippen MR) is 80.1 cm³/mol. The first kappa shape index (κ1) is 14.1. The van der Waals surface area contributed by atoms with Crippen LogP contribution >= 0.6 is 0 Å². The fraction of sp³-hybridized carbons (Fsp3) is 0.500. The normalized spacial score (nSPS) is 24.4. The van der Waals surface area contributed by atoms with Crippen LogP contribution in [-0.4, -0.2) is 36.5 Å². The fourth-order valence-electron chi connectivity index (χ4n) is 3.50. The third-order valence-electron chi connectivity index (χ3n) is 4.48. The highest BCUT2D eigenvalue weighted by Gasteiger charge is 2.30. The molecule has 3 amide bonds. The number of aryl methyl sites for hydroxylation is 1. The number of carbonyl (C=O) groups is 2. The Kier molecular flexibility index (Phi) is 3.68. The number of imide groups is 1. The minimum Gasteiger partial charge on any atom is -0.329 e. The molecule has 0 radical (unpaired) electrons. The van der Waals surface area contributed by atoms with Crippen molar-refractivity contribution in [2.24, 2.45) is 0 Å². The van der Waals surface area contributed by atoms with Crippen molar-refractivity contribution in [2.45, 2.75) is 32.2 Å². The summed E-state index contributed by atoms with van der Waals surface area (Å²) in [5, 5.41) is 6.03. The maximum atomic E-state index is 11.5. The van der Waals surface area contributed by atoms with E-state index in [1.807, 2.05) is 0 Å². The van der Waals surface area contributed by atoms with E-state index in [4.69, 9.17) is 0 Å². The summed E-state index contributed by atoms with van der Waals surface area (Å²) in [7, 11) is 0. The van der Waals surface area contributed by atoms with Crippen LogP contribution in [0.15, 0.2) is 18.2 Å². The average molecular weight is 287 g/mol. The molecule has 1 aromatic rings. The monoisotopic (exact) mass is 287 g/mol. The first-order valence-corrected chi connectivity index (χ1v) is 7.49. The minimum atomic E-state index is -0.280. The highest BCUT2D eigenvalue weighted by Crippen LogP contribution is 2.41. The van der Waals surface area contributed by atoms with E-state index in [1.54, 1.807) is 0 Å². The second-order valence-electron chi connectivity index (χ2n) is 5.93. The number of nitrogens with zero attached hydrogens (tertiary/aromatic N) is 1. The first-order chi connectivity index (χ1) is 10.1. The molecule has 0 unspecified atom stereocenters. The van der Waals surface area contributed by atoms with Gasteiger partial charge in [-0.2, -0.15) is 0 Å². The average Bonchev–Trinajstić information content (AvgIpc) is 2.94. The van der Waals surface area contributed by atoms with Crippen LogP contribution in [0.25, 0.3) is 0 Å². The standard InChI is InChI=1S/C16H21N3O2/c1-10-4-3-5-12-13(8-11(2)15(10)12)17-6-7-19-14(20)9-18-16(19)21/h3-5,11,13,17H,6-9H2,1-2H3,(H,18,21)/t11-,13+/m0/s1. The summed E-state index contributed by atoms with van der Waals surface area (Å²) < 4.78 is 0. The molecule has 1 heterocycles. The molecule has 1 aliphatic carbocycles. The number of urea groups is 1. The Labute approximate surface area is 124 Å². The van der Waals surface area contributed by atoms with Gasteiger partial charge in [0.15, 0.2) is 0 Å². The Bertz CT molecular complexity index is 569. The molecule has 2 N–H and O–H groups in total. The molecule has 1 fully saturated rings. The molecule has 5 heteroatoms. The van der Waals surface area contributed by atoms with Crippen molar-refractivity contribution in [2.75, 3.05) is 19.6 Å². The number of benzene rings is 1. The quantitative estimate of drug-likeness (QED) is 0.828. The van der Waals surface area contributed by atoms with Crippen LogP contribution in [-0.2, 0) is 4.79 Å². The molecule has 112 valence electrons. The smallest absolute Gasteiger partial charge is 0.324 e. The van der Waals surface area contributed by atoms with Crippen LogP contribution in [0.5, 0.6) is 0 Å². The molecule has 2 atom stereocenters. The highest BCUT2D eigenvalue weighted by molar-refractivity contribution is 6.01. The molecule has 2 aliphatic rings. The number of rotatable bonds is 4. The Morgan fingerprint density at radius 3 is 2.90 bits per heavy atom. The zero-order chi connectivity index (χ0) is 15.0. The van der Waals surface area contributed by atoms with Gasteiger partial charge in [0.1, 0.15) is 0 Å². The van der Waals surface area contributed by atoms with E-state index in [0.29, 0.717) is 25.0 Å². The van der Waals surface area contributed by atoms with Gasteiger partial charge in [0, 0.05) is 19.1 Å². The van der Waals surface area contributed by atoms with Crippen LogP contribution in [0.3, 0.4) is 0 Å². The highest BCUT2D eigenvalue weighted by atomic mass is 16.2. The molecule has 0 bridgehead atoms. The van der Waals surface area contributed by atoms with Crippen LogP contribution < -0.4 is 10.6 Å². The Balaban J connectivity index is 1.62. The zero-order valence-electron chi connectivity index (χ0n) is 12.5. The van der Waals surface area contributed by atoms with Gasteiger partial charge >= 0.3 is 6.03 Å². The first-order valence-electron chi connectivity index (χ1n) is 7.49. The summed E-state index contributed by atoms with van der Waals surface area (Å²) in [6.45, 7) is 5.60. The van der Waals surface area contributed by atoms with Crippen molar-refractivity contribution < 1.29 is 9.59 Å². The van der Waals surface area contributed by atoms with E-state index in [-0.39, 0.29) is 18.5 Å². The molecule has 5 nitrogen and oxygen atoms in total. The van der Waals surface area contributed by atoms with Gasteiger partial charge < -0.3 is 10.6 Å². The summed E-state index contributed by atoms with van der Waals surface area (Å²) in [4.78, 5) is 24.3. The number of fused-ring (bicyclic) bond motifs is 1. The van der Waals surface area contributed by atoms with Crippen molar-refractivity contribution in [3.8, 4) is 0 Å². The fourth-order valence-corrected chi connectivity index (χ4v) is 3.50. The number of carbonyl (C=O) groups excluding carboxylic acids is 2. The van der Waals surface area contributed by atoms with Crippen molar-refractivity contribution in [1.29, 1.82) is 0 Å². The SMILES string of the molecule is Cc1cccc2c1[C@@H](C)C[C@H]2NCCN1C(=O)CNC1=O.